The van der Waals surface area contributed by atoms with Gasteiger partial charge >= 0.3 is 5.97 Å². The molecule has 0 saturated carbocycles. The van der Waals surface area contributed by atoms with Gasteiger partial charge in [0.25, 0.3) is 0 Å². The average molecular weight is 546 g/mol. The predicted molar refractivity (Wildman–Crippen MR) is 143 cm³/mol. The van der Waals surface area contributed by atoms with Crippen LogP contribution in [0.15, 0.2) is 36.8 Å². The van der Waals surface area contributed by atoms with E-state index in [0.717, 1.165) is 0 Å². The van der Waals surface area contributed by atoms with Gasteiger partial charge in [-0.3, -0.25) is 4.68 Å². The highest BCUT2D eigenvalue weighted by molar-refractivity contribution is 7.79. The van der Waals surface area contributed by atoms with E-state index in [-0.39, 0.29) is 21.6 Å². The predicted octanol–water partition coefficient (Wildman–Crippen LogP) is 6.59. The highest BCUT2D eigenvalue weighted by Crippen LogP contribution is 2.37. The molecule has 0 bridgehead atoms. The molecule has 7 nitrogen and oxygen atoms in total. The lowest BCUT2D eigenvalue weighted by molar-refractivity contribution is -0.150. The van der Waals surface area contributed by atoms with E-state index in [9.17, 15) is 9.18 Å². The Bertz CT molecular complexity index is 1140. The smallest absolute Gasteiger partial charge is 0.333 e. The Kier molecular flexibility index (Phi) is 11.8. The molecule has 1 aromatic carbocycles. The summed E-state index contributed by atoms with van der Waals surface area (Å²) < 4.78 is 26.1. The third-order valence-electron chi connectivity index (χ3n) is 4.85. The first kappa shape index (κ1) is 30.5. The number of methoxy groups -OCH3 is 1. The second-order valence-corrected chi connectivity index (χ2v) is 8.13. The van der Waals surface area contributed by atoms with Crippen LogP contribution in [-0.4, -0.2) is 34.1 Å². The third kappa shape index (κ3) is 7.02. The summed E-state index contributed by atoms with van der Waals surface area (Å²) in [6.45, 7) is 9.06. The fourth-order valence-corrected chi connectivity index (χ4v) is 3.67. The maximum Gasteiger partial charge on any atom is 0.333 e. The van der Waals surface area contributed by atoms with Crippen molar-refractivity contribution in [2.75, 3.05) is 19.1 Å². The molecular formula is C24H31Cl2FN4O3S. The van der Waals surface area contributed by atoms with Crippen LogP contribution in [0.4, 0.5) is 10.2 Å². The van der Waals surface area contributed by atoms with Crippen molar-refractivity contribution in [2.24, 2.45) is 0 Å². The largest absolute Gasteiger partial charge is 0.482 e. The Labute approximate surface area is 221 Å². The molecule has 0 fully saturated rings. The fraction of sp³-hybridized carbons (Fsp3) is 0.375. The Morgan fingerprint density at radius 3 is 2.43 bits per heavy atom. The molecule has 0 aliphatic rings. The Morgan fingerprint density at radius 1 is 1.20 bits per heavy atom. The standard InChI is InChI=1S/C21H21Cl2FN4O3.C2H6.CH4S/c1-11(17-14(22)5-6-15(24)18(17)23)31-16-7-12(8-26-19(16)25)13-9-27-28(10-13)21(2,3)20(29)30-4;2*1-2/h5-11H,1-4H3,(H2,25,26);1-2H3;2H,1H3. The number of rotatable bonds is 6. The topological polar surface area (TPSA) is 92.3 Å². The number of halogens is 3. The monoisotopic (exact) mass is 544 g/mol. The van der Waals surface area contributed by atoms with Crippen LogP contribution in [0.5, 0.6) is 5.75 Å². The summed E-state index contributed by atoms with van der Waals surface area (Å²) in [7, 11) is 1.32. The number of benzene rings is 1. The molecule has 2 heterocycles. The zero-order valence-corrected chi connectivity index (χ0v) is 23.2. The second kappa shape index (κ2) is 13.6. The van der Waals surface area contributed by atoms with E-state index < -0.39 is 23.4 Å². The molecule has 1 unspecified atom stereocenters. The number of nitrogen functional groups attached to an aromatic ring is 1. The minimum Gasteiger partial charge on any atom is -0.482 e. The van der Waals surface area contributed by atoms with Gasteiger partial charge in [0.2, 0.25) is 0 Å². The SMILES string of the molecule is CC.COC(=O)C(C)(C)n1cc(-c2cnc(N)c(OC(C)c3c(Cl)ccc(F)c3Cl)c2)cn1.CS. The minimum absolute atomic E-state index is 0.117. The van der Waals surface area contributed by atoms with Crippen LogP contribution in [0, 0.1) is 5.82 Å². The van der Waals surface area contributed by atoms with Crippen LogP contribution < -0.4 is 10.5 Å². The highest BCUT2D eigenvalue weighted by Gasteiger charge is 2.32. The molecule has 0 radical (unpaired) electrons. The quantitative estimate of drug-likeness (QED) is 0.206. The van der Waals surface area contributed by atoms with Gasteiger partial charge in [-0.2, -0.15) is 17.7 Å². The van der Waals surface area contributed by atoms with E-state index in [2.05, 4.69) is 22.7 Å². The normalized spacial score (nSPS) is 11.4. The molecule has 0 amide bonds. The first-order valence-corrected chi connectivity index (χ1v) is 12.4. The average Bonchev–Trinajstić information content (AvgIpc) is 3.36. The number of hydrogen-bond acceptors (Lipinski definition) is 7. The molecule has 1 atom stereocenters. The summed E-state index contributed by atoms with van der Waals surface area (Å²) in [6.07, 6.45) is 5.83. The molecule has 192 valence electrons. The Hall–Kier alpha value is -2.49. The van der Waals surface area contributed by atoms with E-state index in [0.29, 0.717) is 16.7 Å². The van der Waals surface area contributed by atoms with E-state index in [4.69, 9.17) is 38.4 Å². The second-order valence-electron chi connectivity index (χ2n) is 7.35. The molecule has 2 N–H and O–H groups in total. The highest BCUT2D eigenvalue weighted by atomic mass is 35.5. The van der Waals surface area contributed by atoms with Gasteiger partial charge in [0.1, 0.15) is 11.9 Å². The van der Waals surface area contributed by atoms with Gasteiger partial charge in [0, 0.05) is 34.1 Å². The van der Waals surface area contributed by atoms with Crippen molar-refractivity contribution in [2.45, 2.75) is 46.3 Å². The third-order valence-corrected chi connectivity index (χ3v) is 5.56. The summed E-state index contributed by atoms with van der Waals surface area (Å²) in [5, 5.41) is 4.42. The van der Waals surface area contributed by atoms with Gasteiger partial charge in [-0.25, -0.2) is 14.2 Å². The lowest BCUT2D eigenvalue weighted by atomic mass is 10.1. The van der Waals surface area contributed by atoms with Gasteiger partial charge < -0.3 is 15.2 Å². The zero-order chi connectivity index (χ0) is 26.9. The molecule has 3 aromatic rings. The summed E-state index contributed by atoms with van der Waals surface area (Å²) >= 11 is 15.8. The van der Waals surface area contributed by atoms with Crippen molar-refractivity contribution in [3.8, 4) is 16.9 Å². The number of aromatic nitrogens is 3. The van der Waals surface area contributed by atoms with Gasteiger partial charge in [-0.1, -0.05) is 37.0 Å². The first-order valence-electron chi connectivity index (χ1n) is 10.7. The first-order chi connectivity index (χ1) is 16.6. The number of ether oxygens (including phenoxy) is 2. The molecule has 11 heteroatoms. The molecule has 0 aliphatic heterocycles. The van der Waals surface area contributed by atoms with Crippen LogP contribution in [0.2, 0.25) is 10.0 Å². The number of carbonyl (C=O) groups excluding carboxylic acids is 1. The molecule has 0 spiro atoms. The van der Waals surface area contributed by atoms with Crippen LogP contribution in [-0.2, 0) is 15.1 Å². The number of pyridine rings is 1. The molecular weight excluding hydrogens is 514 g/mol. The molecule has 0 saturated heterocycles. The number of hydrogen-bond donors (Lipinski definition) is 2. The lowest BCUT2D eigenvalue weighted by Gasteiger charge is -2.21. The van der Waals surface area contributed by atoms with Crippen LogP contribution >= 0.6 is 35.8 Å². The van der Waals surface area contributed by atoms with Crippen molar-refractivity contribution < 1.29 is 18.7 Å². The summed E-state index contributed by atoms with van der Waals surface area (Å²) in [5.74, 6) is -0.626. The molecule has 35 heavy (non-hydrogen) atoms. The summed E-state index contributed by atoms with van der Waals surface area (Å²) in [6, 6.07) is 4.27. The fourth-order valence-electron chi connectivity index (χ4n) is 2.99. The number of esters is 1. The van der Waals surface area contributed by atoms with Gasteiger partial charge in [0.05, 0.1) is 18.3 Å². The van der Waals surface area contributed by atoms with Crippen molar-refractivity contribution in [1.29, 1.82) is 0 Å². The maximum absolute atomic E-state index is 13.9. The number of nitrogens with zero attached hydrogens (tertiary/aromatic N) is 3. The molecule has 3 rings (SSSR count). The zero-order valence-electron chi connectivity index (χ0n) is 20.8. The van der Waals surface area contributed by atoms with E-state index >= 15 is 0 Å². The number of nitrogens with two attached hydrogens (primary N) is 1. The van der Waals surface area contributed by atoms with Crippen molar-refractivity contribution >= 4 is 47.6 Å². The van der Waals surface area contributed by atoms with Crippen LogP contribution in [0.25, 0.3) is 11.1 Å². The van der Waals surface area contributed by atoms with E-state index in [1.165, 1.54) is 23.9 Å². The van der Waals surface area contributed by atoms with E-state index in [1.807, 2.05) is 13.8 Å². The van der Waals surface area contributed by atoms with E-state index in [1.54, 1.807) is 51.7 Å². The lowest BCUT2D eigenvalue weighted by Crippen LogP contribution is -2.37. The van der Waals surface area contributed by atoms with Crippen molar-refractivity contribution in [1.82, 2.24) is 14.8 Å². The van der Waals surface area contributed by atoms with Gasteiger partial charge in [0.15, 0.2) is 17.1 Å². The number of carbonyl (C=O) groups is 1. The Balaban J connectivity index is 0.00000145. The summed E-state index contributed by atoms with van der Waals surface area (Å²) in [5.41, 5.74) is 6.62. The molecule has 2 aromatic heterocycles. The summed E-state index contributed by atoms with van der Waals surface area (Å²) in [4.78, 5) is 16.2. The number of anilines is 1. The van der Waals surface area contributed by atoms with Gasteiger partial charge in [-0.15, -0.1) is 0 Å². The number of thiol groups is 1. The van der Waals surface area contributed by atoms with Gasteiger partial charge in [-0.05, 0) is 45.2 Å². The van der Waals surface area contributed by atoms with Crippen LogP contribution in [0.3, 0.4) is 0 Å². The minimum atomic E-state index is -0.993. The Morgan fingerprint density at radius 2 is 1.83 bits per heavy atom. The van der Waals surface area contributed by atoms with Crippen molar-refractivity contribution in [3.63, 3.8) is 0 Å². The maximum atomic E-state index is 13.9. The van der Waals surface area contributed by atoms with Crippen molar-refractivity contribution in [3.05, 3.63) is 58.2 Å². The molecule has 0 aliphatic carbocycles. The van der Waals surface area contributed by atoms with Crippen LogP contribution in [0.1, 0.15) is 46.3 Å².